The van der Waals surface area contributed by atoms with E-state index >= 15 is 0 Å². The normalized spacial score (nSPS) is 11.0. The highest BCUT2D eigenvalue weighted by Gasteiger charge is 2.15. The van der Waals surface area contributed by atoms with Crippen LogP contribution in [0.15, 0.2) is 71.9 Å². The lowest BCUT2D eigenvalue weighted by Gasteiger charge is -2.03. The van der Waals surface area contributed by atoms with Crippen molar-refractivity contribution >= 4 is 11.0 Å². The van der Waals surface area contributed by atoms with Crippen molar-refractivity contribution in [1.29, 1.82) is 0 Å². The van der Waals surface area contributed by atoms with Crippen molar-refractivity contribution in [2.45, 2.75) is 0 Å². The van der Waals surface area contributed by atoms with Gasteiger partial charge in [0.25, 0.3) is 5.56 Å². The van der Waals surface area contributed by atoms with Crippen molar-refractivity contribution in [3.05, 3.63) is 83.3 Å². The van der Waals surface area contributed by atoms with Crippen molar-refractivity contribution < 1.29 is 4.39 Å². The van der Waals surface area contributed by atoms with Gasteiger partial charge in [-0.1, -0.05) is 30.3 Å². The van der Waals surface area contributed by atoms with Crippen LogP contribution >= 0.6 is 0 Å². The molecule has 0 saturated carbocycles. The van der Waals surface area contributed by atoms with Gasteiger partial charge < -0.3 is 9.55 Å². The van der Waals surface area contributed by atoms with Crippen LogP contribution in [0.3, 0.4) is 0 Å². The average Bonchev–Trinajstić information content (AvgIpc) is 2.97. The first kappa shape index (κ1) is 13.5. The minimum atomic E-state index is -0.312. The second kappa shape index (κ2) is 5.21. The van der Waals surface area contributed by atoms with E-state index in [0.29, 0.717) is 11.0 Å². The van der Waals surface area contributed by atoms with Gasteiger partial charge in [-0.05, 0) is 29.8 Å². The second-order valence-electron chi connectivity index (χ2n) is 5.19. The zero-order valence-electron chi connectivity index (χ0n) is 12.0. The van der Waals surface area contributed by atoms with Crippen LogP contribution in [0.1, 0.15) is 0 Å². The maximum Gasteiger partial charge on any atom is 0.260 e. The molecule has 2 heterocycles. The van der Waals surface area contributed by atoms with E-state index in [-0.39, 0.29) is 11.4 Å². The van der Waals surface area contributed by atoms with Crippen molar-refractivity contribution in [1.82, 2.24) is 14.5 Å². The fraction of sp³-hybridized carbons (Fsp3) is 0. The Morgan fingerprint density at radius 3 is 2.48 bits per heavy atom. The highest BCUT2D eigenvalue weighted by atomic mass is 19.1. The van der Waals surface area contributed by atoms with Gasteiger partial charge in [0.05, 0.1) is 11.7 Å². The molecule has 0 radical (unpaired) electrons. The summed E-state index contributed by atoms with van der Waals surface area (Å²) in [5.41, 5.74) is 2.75. The summed E-state index contributed by atoms with van der Waals surface area (Å²) in [4.78, 5) is 19.2. The number of aromatic nitrogens is 3. The Morgan fingerprint density at radius 2 is 1.74 bits per heavy atom. The molecule has 0 saturated heterocycles. The van der Waals surface area contributed by atoms with Crippen LogP contribution in [0.4, 0.5) is 4.39 Å². The number of hydrogen-bond acceptors (Lipinski definition) is 2. The Balaban J connectivity index is 2.06. The van der Waals surface area contributed by atoms with Crippen molar-refractivity contribution in [2.75, 3.05) is 0 Å². The number of hydrogen-bond donors (Lipinski definition) is 1. The summed E-state index contributed by atoms with van der Waals surface area (Å²) in [7, 11) is 0. The molecule has 0 bridgehead atoms. The Morgan fingerprint density at radius 1 is 1.00 bits per heavy atom. The molecular formula is C18H12FN3O. The first-order chi connectivity index (χ1) is 11.2. The minimum absolute atomic E-state index is 0.219. The van der Waals surface area contributed by atoms with E-state index in [1.165, 1.54) is 18.5 Å². The number of benzene rings is 2. The number of fused-ring (bicyclic) bond motifs is 1. The highest BCUT2D eigenvalue weighted by molar-refractivity contribution is 5.94. The molecule has 2 aromatic heterocycles. The molecule has 23 heavy (non-hydrogen) atoms. The molecule has 0 atom stereocenters. The maximum absolute atomic E-state index is 13.2. The molecule has 5 heteroatoms. The number of aromatic amines is 1. The molecule has 0 amide bonds. The van der Waals surface area contributed by atoms with Crippen LogP contribution in [-0.4, -0.2) is 14.5 Å². The number of H-pyrrole nitrogens is 1. The zero-order valence-corrected chi connectivity index (χ0v) is 12.0. The molecule has 4 aromatic rings. The predicted octanol–water partition coefficient (Wildman–Crippen LogP) is 3.52. The highest BCUT2D eigenvalue weighted by Crippen LogP contribution is 2.29. The summed E-state index contributed by atoms with van der Waals surface area (Å²) in [5.74, 6) is -0.312. The van der Waals surface area contributed by atoms with Gasteiger partial charge in [-0.25, -0.2) is 9.37 Å². The lowest BCUT2D eigenvalue weighted by Crippen LogP contribution is -2.07. The van der Waals surface area contributed by atoms with Crippen molar-refractivity contribution in [3.63, 3.8) is 0 Å². The topological polar surface area (TPSA) is 50.7 Å². The van der Waals surface area contributed by atoms with Gasteiger partial charge in [-0.3, -0.25) is 4.79 Å². The van der Waals surface area contributed by atoms with Crippen molar-refractivity contribution in [3.8, 4) is 16.8 Å². The van der Waals surface area contributed by atoms with E-state index in [1.54, 1.807) is 12.1 Å². The lowest BCUT2D eigenvalue weighted by atomic mass is 10.1. The van der Waals surface area contributed by atoms with Gasteiger partial charge in [0.1, 0.15) is 5.82 Å². The molecule has 0 aliphatic heterocycles. The SMILES string of the molecule is O=c1[nH]cnc2c1c(-c1ccc(F)cc1)cn2-c1ccccc1. The van der Waals surface area contributed by atoms with Crippen LogP contribution in [-0.2, 0) is 0 Å². The van der Waals surface area contributed by atoms with Crippen LogP contribution in [0, 0.1) is 5.82 Å². The first-order valence-electron chi connectivity index (χ1n) is 7.14. The number of halogens is 1. The monoisotopic (exact) mass is 305 g/mol. The Bertz CT molecular complexity index is 1030. The first-order valence-corrected chi connectivity index (χ1v) is 7.14. The zero-order chi connectivity index (χ0) is 15.8. The molecular weight excluding hydrogens is 293 g/mol. The third-order valence-corrected chi connectivity index (χ3v) is 3.78. The molecule has 0 spiro atoms. The standard InChI is InChI=1S/C18H12FN3O/c19-13-8-6-12(7-9-13)15-10-22(14-4-2-1-3-5-14)17-16(15)18(23)21-11-20-17/h1-11H,(H,20,21,23). The fourth-order valence-corrected chi connectivity index (χ4v) is 2.70. The number of nitrogens with zero attached hydrogens (tertiary/aromatic N) is 2. The summed E-state index contributed by atoms with van der Waals surface area (Å²) in [5, 5.41) is 0.489. The molecule has 0 fully saturated rings. The smallest absolute Gasteiger partial charge is 0.260 e. The summed E-state index contributed by atoms with van der Waals surface area (Å²) >= 11 is 0. The van der Waals surface area contributed by atoms with E-state index in [9.17, 15) is 9.18 Å². The van der Waals surface area contributed by atoms with E-state index in [1.807, 2.05) is 41.1 Å². The molecule has 4 rings (SSSR count). The van der Waals surface area contributed by atoms with Crippen LogP contribution in [0.25, 0.3) is 27.8 Å². The van der Waals surface area contributed by atoms with Crippen LogP contribution in [0.2, 0.25) is 0 Å². The number of para-hydroxylation sites is 1. The molecule has 2 aromatic carbocycles. The quantitative estimate of drug-likeness (QED) is 0.616. The van der Waals surface area contributed by atoms with Crippen molar-refractivity contribution in [2.24, 2.45) is 0 Å². The van der Waals surface area contributed by atoms with Gasteiger partial charge in [-0.15, -0.1) is 0 Å². The van der Waals surface area contributed by atoms with Gasteiger partial charge >= 0.3 is 0 Å². The summed E-state index contributed by atoms with van der Waals surface area (Å²) in [6, 6.07) is 15.7. The molecule has 112 valence electrons. The minimum Gasteiger partial charge on any atom is -0.312 e. The Hall–Kier alpha value is -3.21. The maximum atomic E-state index is 13.2. The fourth-order valence-electron chi connectivity index (χ4n) is 2.70. The van der Waals surface area contributed by atoms with Crippen LogP contribution in [0.5, 0.6) is 0 Å². The van der Waals surface area contributed by atoms with E-state index in [0.717, 1.165) is 16.8 Å². The Kier molecular flexibility index (Phi) is 3.05. The summed E-state index contributed by atoms with van der Waals surface area (Å²) in [6.07, 6.45) is 3.24. The largest absolute Gasteiger partial charge is 0.312 e. The molecule has 0 aliphatic carbocycles. The van der Waals surface area contributed by atoms with E-state index in [4.69, 9.17) is 0 Å². The number of rotatable bonds is 2. The molecule has 0 unspecified atom stereocenters. The van der Waals surface area contributed by atoms with Gasteiger partial charge in [0, 0.05) is 17.4 Å². The third-order valence-electron chi connectivity index (χ3n) is 3.78. The van der Waals surface area contributed by atoms with Gasteiger partial charge in [0.2, 0.25) is 0 Å². The van der Waals surface area contributed by atoms with Crippen LogP contribution < -0.4 is 5.56 Å². The van der Waals surface area contributed by atoms with E-state index in [2.05, 4.69) is 9.97 Å². The molecule has 4 nitrogen and oxygen atoms in total. The average molecular weight is 305 g/mol. The third kappa shape index (κ3) is 2.23. The second-order valence-corrected chi connectivity index (χ2v) is 5.19. The van der Waals surface area contributed by atoms with Gasteiger partial charge in [-0.2, -0.15) is 0 Å². The van der Waals surface area contributed by atoms with E-state index < -0.39 is 0 Å². The molecule has 0 aliphatic rings. The predicted molar refractivity (Wildman–Crippen MR) is 87.1 cm³/mol. The summed E-state index contributed by atoms with van der Waals surface area (Å²) in [6.45, 7) is 0. The number of nitrogens with one attached hydrogen (secondary N) is 1. The summed E-state index contributed by atoms with van der Waals surface area (Å²) < 4.78 is 15.0. The van der Waals surface area contributed by atoms with Gasteiger partial charge in [0.15, 0.2) is 5.65 Å². The lowest BCUT2D eigenvalue weighted by molar-refractivity contribution is 0.628. The Labute approximate surface area is 130 Å². The molecule has 1 N–H and O–H groups in total.